The zero-order valence-electron chi connectivity index (χ0n) is 19.6. The van der Waals surface area contributed by atoms with Crippen LogP contribution in [-0.4, -0.2) is 17.4 Å². The van der Waals surface area contributed by atoms with Crippen molar-refractivity contribution in [1.29, 1.82) is 0 Å². The number of hydrogen-bond donors (Lipinski definition) is 1. The zero-order valence-corrected chi connectivity index (χ0v) is 19.6. The van der Waals surface area contributed by atoms with Crippen LogP contribution in [0.1, 0.15) is 76.3 Å². The molecular formula is C28H37FN2O. The monoisotopic (exact) mass is 436 g/mol. The number of halogens is 1. The number of allylic oxidation sites excluding steroid dienone is 1. The highest BCUT2D eigenvalue weighted by Crippen LogP contribution is 2.62. The third-order valence-electron chi connectivity index (χ3n) is 7.10. The normalized spacial score (nSPS) is 16.6. The molecule has 4 heteroatoms. The van der Waals surface area contributed by atoms with Crippen molar-refractivity contribution >= 4 is 5.91 Å². The van der Waals surface area contributed by atoms with Crippen molar-refractivity contribution in [3.05, 3.63) is 77.9 Å². The SMILES string of the molecule is CCCCCC(C)(c1cccc(F)c1)C1(/C=C/C(=O)NCCCCc2cccnc2)CC1. The Morgan fingerprint density at radius 3 is 2.72 bits per heavy atom. The van der Waals surface area contributed by atoms with Gasteiger partial charge in [-0.05, 0) is 79.3 Å². The molecule has 1 amide bonds. The molecule has 1 atom stereocenters. The molecule has 1 N–H and O–H groups in total. The van der Waals surface area contributed by atoms with E-state index in [0.717, 1.165) is 56.9 Å². The summed E-state index contributed by atoms with van der Waals surface area (Å²) in [7, 11) is 0. The summed E-state index contributed by atoms with van der Waals surface area (Å²) in [6.45, 7) is 5.13. The molecule has 0 bridgehead atoms. The molecule has 1 aliphatic carbocycles. The minimum atomic E-state index is -0.187. The lowest BCUT2D eigenvalue weighted by molar-refractivity contribution is -0.116. The molecule has 0 radical (unpaired) electrons. The highest BCUT2D eigenvalue weighted by molar-refractivity contribution is 5.87. The van der Waals surface area contributed by atoms with Crippen LogP contribution in [0.15, 0.2) is 60.9 Å². The van der Waals surface area contributed by atoms with Crippen LogP contribution in [-0.2, 0) is 16.6 Å². The van der Waals surface area contributed by atoms with E-state index in [1.54, 1.807) is 24.4 Å². The van der Waals surface area contributed by atoms with Gasteiger partial charge in [0.25, 0.3) is 0 Å². The summed E-state index contributed by atoms with van der Waals surface area (Å²) in [6, 6.07) is 11.1. The van der Waals surface area contributed by atoms with Gasteiger partial charge in [0.2, 0.25) is 5.91 Å². The molecule has 3 nitrogen and oxygen atoms in total. The Labute approximate surface area is 192 Å². The second-order valence-corrected chi connectivity index (χ2v) is 9.40. The Balaban J connectivity index is 1.56. The molecule has 0 spiro atoms. The average molecular weight is 437 g/mol. The number of amides is 1. The first-order valence-electron chi connectivity index (χ1n) is 12.1. The quantitative estimate of drug-likeness (QED) is 0.286. The van der Waals surface area contributed by atoms with Crippen molar-refractivity contribution in [2.24, 2.45) is 5.41 Å². The standard InChI is InChI=1S/C28H37FN2O/c1-3-4-6-15-27(2,24-12-8-13-25(29)21-24)28(17-18-28)16-14-26(32)31-20-7-5-10-23-11-9-19-30-22-23/h8-9,11-14,16,19,21-22H,3-7,10,15,17-18,20H2,1-2H3,(H,31,32)/b16-14+. The number of aryl methyl sites for hydroxylation is 1. The lowest BCUT2D eigenvalue weighted by Gasteiger charge is -2.38. The summed E-state index contributed by atoms with van der Waals surface area (Å²) in [6.07, 6.45) is 17.0. The number of carbonyl (C=O) groups is 1. The van der Waals surface area contributed by atoms with E-state index in [9.17, 15) is 9.18 Å². The van der Waals surface area contributed by atoms with E-state index in [-0.39, 0.29) is 22.6 Å². The smallest absolute Gasteiger partial charge is 0.243 e. The maximum Gasteiger partial charge on any atom is 0.243 e. The van der Waals surface area contributed by atoms with E-state index >= 15 is 0 Å². The zero-order chi connectivity index (χ0) is 22.9. The van der Waals surface area contributed by atoms with Crippen LogP contribution >= 0.6 is 0 Å². The number of nitrogens with zero attached hydrogens (tertiary/aromatic N) is 1. The second kappa shape index (κ2) is 11.4. The van der Waals surface area contributed by atoms with Crippen molar-refractivity contribution in [2.45, 2.75) is 77.0 Å². The van der Waals surface area contributed by atoms with E-state index in [1.165, 1.54) is 18.1 Å². The maximum atomic E-state index is 14.0. The fourth-order valence-electron chi connectivity index (χ4n) is 4.78. The van der Waals surface area contributed by atoms with Gasteiger partial charge in [-0.25, -0.2) is 4.39 Å². The van der Waals surface area contributed by atoms with Crippen LogP contribution in [0.4, 0.5) is 4.39 Å². The predicted molar refractivity (Wildman–Crippen MR) is 129 cm³/mol. The molecule has 1 aromatic heterocycles. The van der Waals surface area contributed by atoms with Gasteiger partial charge in [0.15, 0.2) is 0 Å². The third-order valence-corrected chi connectivity index (χ3v) is 7.10. The van der Waals surface area contributed by atoms with Crippen LogP contribution < -0.4 is 5.32 Å². The molecule has 172 valence electrons. The summed E-state index contributed by atoms with van der Waals surface area (Å²) >= 11 is 0. The number of benzene rings is 1. The molecule has 1 fully saturated rings. The van der Waals surface area contributed by atoms with Crippen molar-refractivity contribution in [1.82, 2.24) is 10.3 Å². The van der Waals surface area contributed by atoms with Crippen LogP contribution in [0.2, 0.25) is 0 Å². The van der Waals surface area contributed by atoms with Crippen LogP contribution in [0.3, 0.4) is 0 Å². The first kappa shape index (κ1) is 24.2. The topological polar surface area (TPSA) is 42.0 Å². The van der Waals surface area contributed by atoms with Crippen molar-refractivity contribution in [2.75, 3.05) is 6.54 Å². The van der Waals surface area contributed by atoms with Gasteiger partial charge in [-0.2, -0.15) is 0 Å². The molecule has 2 aromatic rings. The van der Waals surface area contributed by atoms with Crippen molar-refractivity contribution in [3.8, 4) is 0 Å². The van der Waals surface area contributed by atoms with Gasteiger partial charge in [-0.15, -0.1) is 0 Å². The van der Waals surface area contributed by atoms with Gasteiger partial charge >= 0.3 is 0 Å². The van der Waals surface area contributed by atoms with Gasteiger partial charge in [0.1, 0.15) is 5.82 Å². The number of unbranched alkanes of at least 4 members (excludes halogenated alkanes) is 3. The Hall–Kier alpha value is -2.49. The fourth-order valence-corrected chi connectivity index (χ4v) is 4.78. The summed E-state index contributed by atoms with van der Waals surface area (Å²) < 4.78 is 14.0. The summed E-state index contributed by atoms with van der Waals surface area (Å²) in [5, 5.41) is 3.02. The Morgan fingerprint density at radius 1 is 1.19 bits per heavy atom. The summed E-state index contributed by atoms with van der Waals surface area (Å²) in [5.41, 5.74) is 2.05. The van der Waals surface area contributed by atoms with Crippen LogP contribution in [0.25, 0.3) is 0 Å². The molecule has 1 heterocycles. The Kier molecular flexibility index (Phi) is 8.60. The lowest BCUT2D eigenvalue weighted by Crippen LogP contribution is -2.33. The van der Waals surface area contributed by atoms with Crippen LogP contribution in [0, 0.1) is 11.2 Å². The molecule has 1 aromatic carbocycles. The minimum Gasteiger partial charge on any atom is -0.353 e. The second-order valence-electron chi connectivity index (χ2n) is 9.40. The van der Waals surface area contributed by atoms with Gasteiger partial charge in [0, 0.05) is 24.4 Å². The average Bonchev–Trinajstić information content (AvgIpc) is 3.60. The Morgan fingerprint density at radius 2 is 2.03 bits per heavy atom. The van der Waals surface area contributed by atoms with Gasteiger partial charge in [-0.3, -0.25) is 9.78 Å². The van der Waals surface area contributed by atoms with E-state index in [0.29, 0.717) is 6.54 Å². The van der Waals surface area contributed by atoms with Gasteiger partial charge < -0.3 is 5.32 Å². The first-order chi connectivity index (χ1) is 15.5. The Bertz CT molecular complexity index is 891. The molecule has 0 saturated heterocycles. The number of pyridine rings is 1. The van der Waals surface area contributed by atoms with Crippen LogP contribution in [0.5, 0.6) is 0 Å². The largest absolute Gasteiger partial charge is 0.353 e. The van der Waals surface area contributed by atoms with E-state index in [1.807, 2.05) is 18.3 Å². The molecule has 0 aliphatic heterocycles. The molecular weight excluding hydrogens is 399 g/mol. The van der Waals surface area contributed by atoms with E-state index in [4.69, 9.17) is 0 Å². The van der Waals surface area contributed by atoms with E-state index in [2.05, 4.69) is 36.3 Å². The van der Waals surface area contributed by atoms with E-state index < -0.39 is 0 Å². The number of aromatic nitrogens is 1. The summed E-state index contributed by atoms with van der Waals surface area (Å²) in [4.78, 5) is 16.6. The highest BCUT2D eigenvalue weighted by Gasteiger charge is 2.55. The van der Waals surface area contributed by atoms with Crippen molar-refractivity contribution in [3.63, 3.8) is 0 Å². The number of nitrogens with one attached hydrogen (secondary N) is 1. The van der Waals surface area contributed by atoms with Gasteiger partial charge in [0.05, 0.1) is 0 Å². The molecule has 1 unspecified atom stereocenters. The lowest BCUT2D eigenvalue weighted by atomic mass is 9.66. The molecule has 1 aliphatic rings. The third kappa shape index (κ3) is 6.27. The maximum absolute atomic E-state index is 14.0. The molecule has 1 saturated carbocycles. The highest BCUT2D eigenvalue weighted by atomic mass is 19.1. The van der Waals surface area contributed by atoms with Gasteiger partial charge in [-0.1, -0.05) is 57.4 Å². The molecule has 32 heavy (non-hydrogen) atoms. The predicted octanol–water partition coefficient (Wildman–Crippen LogP) is 6.53. The molecule has 3 rings (SSSR count). The number of carbonyl (C=O) groups excluding carboxylic acids is 1. The summed E-state index contributed by atoms with van der Waals surface area (Å²) in [5.74, 6) is -0.221. The minimum absolute atomic E-state index is 0.0344. The first-order valence-corrected chi connectivity index (χ1v) is 12.1. The number of hydrogen-bond acceptors (Lipinski definition) is 2. The van der Waals surface area contributed by atoms with Crippen molar-refractivity contribution < 1.29 is 9.18 Å². The fraction of sp³-hybridized carbons (Fsp3) is 0.500. The number of rotatable bonds is 13.